The fraction of sp³-hybridized carbons (Fsp3) is 0.375. The molecule has 0 saturated carbocycles. The number of hydrogen-bond acceptors (Lipinski definition) is 4. The molecule has 33 heavy (non-hydrogen) atoms. The van der Waals surface area contributed by atoms with Crippen LogP contribution in [0.1, 0.15) is 65.3 Å². The SMILES string of the molecule is O=C(c1cnn2c1N[C@@H](c1ccccc1)C[C@@H]2C(F)(F)F)N1CCCC[C@@H]1c1cccnc1. The fourth-order valence-electron chi connectivity index (χ4n) is 4.87. The Kier molecular flexibility index (Phi) is 5.55. The number of anilines is 1. The van der Waals surface area contributed by atoms with Gasteiger partial charge >= 0.3 is 6.18 Å². The minimum Gasteiger partial charge on any atom is -0.363 e. The number of amides is 1. The summed E-state index contributed by atoms with van der Waals surface area (Å²) in [6.07, 6.45) is 2.61. The van der Waals surface area contributed by atoms with Crippen molar-refractivity contribution >= 4 is 11.7 Å². The first-order chi connectivity index (χ1) is 15.9. The van der Waals surface area contributed by atoms with Gasteiger partial charge in [0.05, 0.1) is 18.3 Å². The van der Waals surface area contributed by atoms with Crippen molar-refractivity contribution in [1.29, 1.82) is 0 Å². The third kappa shape index (κ3) is 4.07. The van der Waals surface area contributed by atoms with Gasteiger partial charge in [-0.1, -0.05) is 36.4 Å². The Morgan fingerprint density at radius 1 is 1.03 bits per heavy atom. The highest BCUT2D eigenvalue weighted by Crippen LogP contribution is 2.45. The lowest BCUT2D eigenvalue weighted by Crippen LogP contribution is -2.40. The Hall–Kier alpha value is -3.36. The van der Waals surface area contributed by atoms with Crippen molar-refractivity contribution in [3.8, 4) is 0 Å². The summed E-state index contributed by atoms with van der Waals surface area (Å²) >= 11 is 0. The van der Waals surface area contributed by atoms with Crippen LogP contribution in [0.5, 0.6) is 0 Å². The Labute approximate surface area is 189 Å². The number of benzene rings is 1. The van der Waals surface area contributed by atoms with E-state index in [1.165, 1.54) is 6.20 Å². The number of hydrogen-bond donors (Lipinski definition) is 1. The molecule has 0 spiro atoms. The van der Waals surface area contributed by atoms with Crippen molar-refractivity contribution in [2.75, 3.05) is 11.9 Å². The van der Waals surface area contributed by atoms with Crippen LogP contribution < -0.4 is 5.32 Å². The maximum atomic E-state index is 14.0. The van der Waals surface area contributed by atoms with Crippen LogP contribution in [0, 0.1) is 0 Å². The van der Waals surface area contributed by atoms with Gasteiger partial charge in [0.25, 0.3) is 5.91 Å². The summed E-state index contributed by atoms with van der Waals surface area (Å²) in [4.78, 5) is 19.6. The number of pyridine rings is 1. The molecular formula is C24H24F3N5O. The third-order valence-corrected chi connectivity index (χ3v) is 6.50. The van der Waals surface area contributed by atoms with Crippen LogP contribution in [0.3, 0.4) is 0 Å². The smallest absolute Gasteiger partial charge is 0.363 e. The zero-order valence-electron chi connectivity index (χ0n) is 17.9. The quantitative estimate of drug-likeness (QED) is 0.582. The molecule has 1 aromatic carbocycles. The Morgan fingerprint density at radius 2 is 1.82 bits per heavy atom. The number of likely N-dealkylation sites (tertiary alicyclic amines) is 1. The molecule has 0 unspecified atom stereocenters. The Morgan fingerprint density at radius 3 is 2.55 bits per heavy atom. The predicted octanol–water partition coefficient (Wildman–Crippen LogP) is 5.31. The third-order valence-electron chi connectivity index (χ3n) is 6.50. The summed E-state index contributed by atoms with van der Waals surface area (Å²) < 4.78 is 42.8. The van der Waals surface area contributed by atoms with Crippen molar-refractivity contribution in [2.24, 2.45) is 0 Å². The minimum absolute atomic E-state index is 0.123. The van der Waals surface area contributed by atoms with E-state index in [4.69, 9.17) is 0 Å². The number of carbonyl (C=O) groups is 1. The molecule has 3 atom stereocenters. The van der Waals surface area contributed by atoms with Gasteiger partial charge in [-0.3, -0.25) is 9.78 Å². The topological polar surface area (TPSA) is 63.1 Å². The van der Waals surface area contributed by atoms with E-state index >= 15 is 0 Å². The zero-order chi connectivity index (χ0) is 23.0. The highest BCUT2D eigenvalue weighted by Gasteiger charge is 2.47. The summed E-state index contributed by atoms with van der Waals surface area (Å²) in [6, 6.07) is 10.2. The summed E-state index contributed by atoms with van der Waals surface area (Å²) in [6.45, 7) is 0.536. The van der Waals surface area contributed by atoms with E-state index in [0.717, 1.165) is 35.1 Å². The van der Waals surface area contributed by atoms with Gasteiger partial charge in [-0.15, -0.1) is 0 Å². The van der Waals surface area contributed by atoms with Gasteiger partial charge in [0.15, 0.2) is 6.04 Å². The van der Waals surface area contributed by atoms with E-state index in [2.05, 4.69) is 15.4 Å². The molecule has 1 amide bonds. The average Bonchev–Trinajstić information content (AvgIpc) is 3.27. The number of halogens is 3. The second-order valence-corrected chi connectivity index (χ2v) is 8.55. The van der Waals surface area contributed by atoms with Gasteiger partial charge in [0.1, 0.15) is 11.4 Å². The predicted molar refractivity (Wildman–Crippen MR) is 117 cm³/mol. The number of nitrogens with zero attached hydrogens (tertiary/aromatic N) is 4. The van der Waals surface area contributed by atoms with Crippen molar-refractivity contribution in [1.82, 2.24) is 19.7 Å². The van der Waals surface area contributed by atoms with E-state index in [1.807, 2.05) is 18.2 Å². The zero-order valence-corrected chi connectivity index (χ0v) is 17.9. The largest absolute Gasteiger partial charge is 0.410 e. The monoisotopic (exact) mass is 455 g/mol. The first kappa shape index (κ1) is 21.5. The van der Waals surface area contributed by atoms with Gasteiger partial charge in [-0.2, -0.15) is 18.3 Å². The Balaban J connectivity index is 1.51. The molecule has 5 rings (SSSR count). The van der Waals surface area contributed by atoms with Crippen LogP contribution in [0.15, 0.2) is 61.1 Å². The number of fused-ring (bicyclic) bond motifs is 1. The summed E-state index contributed by atoms with van der Waals surface area (Å²) in [7, 11) is 0. The van der Waals surface area contributed by atoms with Gasteiger partial charge in [-0.05, 0) is 36.5 Å². The molecule has 1 N–H and O–H groups in total. The normalized spacial score (nSPS) is 23.0. The number of aromatic nitrogens is 3. The highest BCUT2D eigenvalue weighted by molar-refractivity contribution is 5.99. The fourth-order valence-corrected chi connectivity index (χ4v) is 4.87. The molecule has 3 aromatic rings. The first-order valence-electron chi connectivity index (χ1n) is 11.1. The van der Waals surface area contributed by atoms with Crippen LogP contribution in [0.2, 0.25) is 0 Å². The minimum atomic E-state index is -4.49. The second-order valence-electron chi connectivity index (χ2n) is 8.55. The lowest BCUT2D eigenvalue weighted by atomic mass is 9.95. The van der Waals surface area contributed by atoms with Gasteiger partial charge in [0, 0.05) is 25.4 Å². The molecule has 1 fully saturated rings. The van der Waals surface area contributed by atoms with Gasteiger partial charge in [0.2, 0.25) is 0 Å². The molecule has 2 aliphatic heterocycles. The van der Waals surface area contributed by atoms with Gasteiger partial charge in [-0.25, -0.2) is 4.68 Å². The summed E-state index contributed by atoms with van der Waals surface area (Å²) in [5, 5.41) is 7.20. The van der Waals surface area contributed by atoms with E-state index in [0.29, 0.717) is 6.54 Å². The molecule has 1 saturated heterocycles. The number of alkyl halides is 3. The molecule has 2 aliphatic rings. The van der Waals surface area contributed by atoms with Crippen LogP contribution >= 0.6 is 0 Å². The van der Waals surface area contributed by atoms with E-state index < -0.39 is 18.3 Å². The summed E-state index contributed by atoms with van der Waals surface area (Å²) in [5.74, 6) is -0.190. The number of rotatable bonds is 3. The standard InChI is InChI=1S/C24H24F3N5O/c25-24(26,27)21-13-19(16-7-2-1-3-8-16)30-22-18(15-29-32(21)22)23(33)31-12-5-4-10-20(31)17-9-6-11-28-14-17/h1-3,6-9,11,14-15,19-21,30H,4-5,10,12-13H2/t19-,20-,21-/m1/s1. The van der Waals surface area contributed by atoms with E-state index in [9.17, 15) is 18.0 Å². The number of nitrogens with one attached hydrogen (secondary N) is 1. The van der Waals surface area contributed by atoms with E-state index in [1.54, 1.807) is 41.6 Å². The lowest BCUT2D eigenvalue weighted by molar-refractivity contribution is -0.173. The van der Waals surface area contributed by atoms with Crippen molar-refractivity contribution < 1.29 is 18.0 Å². The molecule has 0 bridgehead atoms. The molecular weight excluding hydrogens is 431 g/mol. The Bertz CT molecular complexity index is 1120. The maximum absolute atomic E-state index is 14.0. The van der Waals surface area contributed by atoms with E-state index in [-0.39, 0.29) is 29.8 Å². The maximum Gasteiger partial charge on any atom is 0.410 e. The van der Waals surface area contributed by atoms with Crippen molar-refractivity contribution in [3.05, 3.63) is 77.7 Å². The van der Waals surface area contributed by atoms with Gasteiger partial charge < -0.3 is 10.2 Å². The van der Waals surface area contributed by atoms with Crippen LogP contribution in [0.25, 0.3) is 0 Å². The number of piperidine rings is 1. The second kappa shape index (κ2) is 8.53. The van der Waals surface area contributed by atoms with Crippen molar-refractivity contribution in [2.45, 2.75) is 50.0 Å². The molecule has 2 aromatic heterocycles. The number of carbonyl (C=O) groups excluding carboxylic acids is 1. The molecule has 0 radical (unpaired) electrons. The van der Waals surface area contributed by atoms with Crippen LogP contribution in [-0.4, -0.2) is 38.3 Å². The average molecular weight is 455 g/mol. The molecule has 172 valence electrons. The molecule has 0 aliphatic carbocycles. The van der Waals surface area contributed by atoms with Crippen molar-refractivity contribution in [3.63, 3.8) is 0 Å². The highest BCUT2D eigenvalue weighted by atomic mass is 19.4. The first-order valence-corrected chi connectivity index (χ1v) is 11.1. The van der Waals surface area contributed by atoms with Crippen LogP contribution in [0.4, 0.5) is 19.0 Å². The molecule has 4 heterocycles. The molecule has 9 heteroatoms. The molecule has 6 nitrogen and oxygen atoms in total. The lowest BCUT2D eigenvalue weighted by Gasteiger charge is -2.37. The summed E-state index contributed by atoms with van der Waals surface area (Å²) in [5.41, 5.74) is 1.83. The van der Waals surface area contributed by atoms with Crippen LogP contribution in [-0.2, 0) is 0 Å².